The summed E-state index contributed by atoms with van der Waals surface area (Å²) in [6.45, 7) is 0. The summed E-state index contributed by atoms with van der Waals surface area (Å²) in [5.41, 5.74) is 29.0. The van der Waals surface area contributed by atoms with Gasteiger partial charge in [0, 0.05) is 149 Å². The van der Waals surface area contributed by atoms with Crippen LogP contribution in [0.2, 0.25) is 0 Å². The first-order chi connectivity index (χ1) is 73.4. The molecule has 0 aliphatic rings. The van der Waals surface area contributed by atoms with Gasteiger partial charge < -0.3 is 22.8 Å². The van der Waals surface area contributed by atoms with Crippen LogP contribution in [0.3, 0.4) is 0 Å². The minimum absolute atomic E-state index is 0.633. The second-order valence-corrected chi connectivity index (χ2v) is 37.1. The zero-order valence-electron chi connectivity index (χ0n) is 79.8. The van der Waals surface area contributed by atoms with Crippen LogP contribution >= 0.6 is 0 Å². The fraction of sp³-hybridized carbons (Fsp3) is 0. The Bertz CT molecular complexity index is 10300. The van der Waals surface area contributed by atoms with E-state index in [1.807, 2.05) is 164 Å². The van der Waals surface area contributed by atoms with Crippen molar-refractivity contribution >= 4 is 142 Å². The molecule has 20 aromatic carbocycles. The topological polar surface area (TPSA) is 146 Å². The highest BCUT2D eigenvalue weighted by atomic mass is 15.1. The Morgan fingerprint density at radius 2 is 0.365 bits per heavy atom. The van der Waals surface area contributed by atoms with Gasteiger partial charge in [0.2, 0.25) is 0 Å². The molecule has 0 aliphatic heterocycles. The molecule has 0 saturated heterocycles. The highest BCUT2D eigenvalue weighted by molar-refractivity contribution is 6.23. The van der Waals surface area contributed by atoms with Gasteiger partial charge in [-0.1, -0.05) is 346 Å². The molecule has 0 N–H and O–H groups in total. The van der Waals surface area contributed by atoms with Gasteiger partial charge in [-0.15, -0.1) is 0 Å². The Balaban J connectivity index is 0.000000107. The molecule has 0 aliphatic carbocycles. The van der Waals surface area contributed by atoms with E-state index in [9.17, 15) is 0 Å². The van der Waals surface area contributed by atoms with Crippen LogP contribution in [0, 0.1) is 0 Å². The third kappa shape index (κ3) is 14.9. The Morgan fingerprint density at radius 1 is 0.128 bits per heavy atom. The molecule has 0 bridgehead atoms. The van der Waals surface area contributed by atoms with Crippen molar-refractivity contribution in [3.63, 3.8) is 0 Å². The minimum Gasteiger partial charge on any atom is -0.309 e. The maximum absolute atomic E-state index is 5.06. The number of fused-ring (bicyclic) bond motifs is 19. The van der Waals surface area contributed by atoms with E-state index in [1.165, 1.54) is 103 Å². The van der Waals surface area contributed by atoms with Crippen molar-refractivity contribution in [1.82, 2.24) is 72.3 Å². The van der Waals surface area contributed by atoms with Gasteiger partial charge in [-0.05, 0) is 164 Å². The lowest BCUT2D eigenvalue weighted by Gasteiger charge is -2.12. The summed E-state index contributed by atoms with van der Waals surface area (Å²) in [7, 11) is 0. The van der Waals surface area contributed by atoms with Crippen LogP contribution < -0.4 is 0 Å². The van der Waals surface area contributed by atoms with E-state index in [0.717, 1.165) is 123 Å². The van der Waals surface area contributed by atoms with E-state index >= 15 is 0 Å². The first kappa shape index (κ1) is 85.7. The monoisotopic (exact) mass is 1890 g/mol. The third-order valence-corrected chi connectivity index (χ3v) is 28.5. The lowest BCUT2D eigenvalue weighted by atomic mass is 10.1. The quantitative estimate of drug-likeness (QED) is 0.104. The average Bonchev–Trinajstić information content (AvgIpc) is 1.56. The van der Waals surface area contributed by atoms with Gasteiger partial charge in [0.15, 0.2) is 40.8 Å². The van der Waals surface area contributed by atoms with Crippen molar-refractivity contribution in [2.75, 3.05) is 0 Å². The van der Waals surface area contributed by atoms with Crippen LogP contribution in [-0.4, -0.2) is 72.3 Å². The molecule has 0 unspecified atom stereocenters. The second kappa shape index (κ2) is 36.0. The summed E-state index contributed by atoms with van der Waals surface area (Å²) in [6, 6.07) is 178. The molecule has 0 saturated carbocycles. The molecule has 15 nitrogen and oxygen atoms in total. The number of rotatable bonds is 14. The van der Waals surface area contributed by atoms with E-state index < -0.39 is 0 Å². The van der Waals surface area contributed by atoms with E-state index in [1.54, 1.807) is 0 Å². The number of nitrogens with zero attached hydrogens (tertiary/aromatic N) is 15. The van der Waals surface area contributed by atoms with Gasteiger partial charge in [0.05, 0.1) is 77.4 Å². The zero-order valence-corrected chi connectivity index (χ0v) is 79.8. The molecule has 30 aromatic rings. The minimum atomic E-state index is 0.633. The summed E-state index contributed by atoms with van der Waals surface area (Å²) in [6.07, 6.45) is 1.90. The van der Waals surface area contributed by atoms with Gasteiger partial charge in [0.1, 0.15) is 5.82 Å². The van der Waals surface area contributed by atoms with Gasteiger partial charge in [-0.3, -0.25) is 4.57 Å². The van der Waals surface area contributed by atoms with Crippen LogP contribution in [0.25, 0.3) is 267 Å². The van der Waals surface area contributed by atoms with Crippen LogP contribution in [0.15, 0.2) is 516 Å². The fourth-order valence-corrected chi connectivity index (χ4v) is 21.8. The van der Waals surface area contributed by atoms with Gasteiger partial charge in [-0.25, -0.2) is 44.9 Å². The molecular formula is C133H85N15. The maximum Gasteiger partial charge on any atom is 0.164 e. The van der Waals surface area contributed by atoms with Crippen LogP contribution in [0.1, 0.15) is 0 Å². The van der Waals surface area contributed by atoms with E-state index in [4.69, 9.17) is 44.9 Å². The summed E-state index contributed by atoms with van der Waals surface area (Å²) in [4.78, 5) is 44.8. The molecule has 30 rings (SSSR count). The van der Waals surface area contributed by atoms with Crippen molar-refractivity contribution in [2.24, 2.45) is 0 Å². The number of hydrogen-bond acceptors (Lipinski definition) is 9. The Morgan fingerprint density at radius 3 is 0.696 bits per heavy atom. The maximum atomic E-state index is 5.06. The molecule has 0 radical (unpaired) electrons. The van der Waals surface area contributed by atoms with Crippen LogP contribution in [-0.2, 0) is 0 Å². The molecule has 0 amide bonds. The predicted molar refractivity (Wildman–Crippen MR) is 607 cm³/mol. The third-order valence-electron chi connectivity index (χ3n) is 28.5. The van der Waals surface area contributed by atoms with Crippen LogP contribution in [0.4, 0.5) is 0 Å². The van der Waals surface area contributed by atoms with Gasteiger partial charge in [-0.2, -0.15) is 0 Å². The Labute approximate surface area is 849 Å². The van der Waals surface area contributed by atoms with Crippen molar-refractivity contribution in [3.8, 4) is 125 Å². The number of benzene rings is 20. The largest absolute Gasteiger partial charge is 0.309 e. The molecule has 15 heteroatoms. The number of aromatic nitrogens is 15. The molecule has 10 heterocycles. The predicted octanol–water partition coefficient (Wildman–Crippen LogP) is 32.7. The number of para-hydroxylation sites is 10. The highest BCUT2D eigenvalue weighted by Crippen LogP contribution is 2.46. The highest BCUT2D eigenvalue weighted by Gasteiger charge is 2.26. The van der Waals surface area contributed by atoms with Crippen molar-refractivity contribution < 1.29 is 0 Å². The fourth-order valence-electron chi connectivity index (χ4n) is 21.8. The second-order valence-electron chi connectivity index (χ2n) is 37.1. The van der Waals surface area contributed by atoms with E-state index in [0.29, 0.717) is 40.8 Å². The van der Waals surface area contributed by atoms with E-state index in [2.05, 4.69) is 379 Å². The molecule has 692 valence electrons. The smallest absolute Gasteiger partial charge is 0.164 e. The molecule has 0 spiro atoms. The van der Waals surface area contributed by atoms with Gasteiger partial charge >= 0.3 is 0 Å². The summed E-state index contributed by atoms with van der Waals surface area (Å²) >= 11 is 0. The lowest BCUT2D eigenvalue weighted by molar-refractivity contribution is 1.07. The number of pyridine rings is 1. The first-order valence-electron chi connectivity index (χ1n) is 49.7. The first-order valence-corrected chi connectivity index (χ1v) is 49.7. The summed E-state index contributed by atoms with van der Waals surface area (Å²) in [5, 5.41) is 15.6. The SMILES string of the molecule is c1ccc(-c2nc(-c3ccc(-n4c5ccccc5c5cc6c(cc54)c4ccccc4n6-c4ccccc4)nc3)nc3ccccc23)cc1.c1ccc(-c2nc(-c3ccccc3)nc(-c3ccc(-n4c5ccccc5c5cc6c(cc54)c4ccccc4n6-c4ccccc4)cc3)n2)cc1.c1ccc(-c2nc(-c3ccccc3)nc(-c3cccc(-n4c5ccccc5c5cc6c(cc54)c4ccccc4n6-c4ccccc4)c3)n2)cc1. The Hall–Kier alpha value is -20.3. The van der Waals surface area contributed by atoms with Crippen molar-refractivity contribution in [1.29, 1.82) is 0 Å². The normalized spacial score (nSPS) is 11.6. The molecule has 0 fully saturated rings. The summed E-state index contributed by atoms with van der Waals surface area (Å²) in [5.74, 6) is 5.38. The Kier molecular flexibility index (Phi) is 20.9. The average molecular weight is 1890 g/mol. The van der Waals surface area contributed by atoms with Crippen LogP contribution in [0.5, 0.6) is 0 Å². The lowest BCUT2D eigenvalue weighted by Crippen LogP contribution is -2.01. The molecule has 0 atom stereocenters. The standard InChI is InChI=1S/2C45H29N5.C43H27N5/c1-4-15-30(16-5-1)43-46-44(31-17-6-2-7-18-31)48-45(47-43)32-19-14-22-34(27-32)50-40-26-13-11-24-36(40)38-28-41-37(29-42(38)50)35-23-10-12-25-39(35)49(41)33-20-8-3-9-21-33;1-4-14-30(15-5-1)43-46-44(31-16-6-2-7-17-31)48-45(47-43)32-24-26-34(27-25-32)50-40-23-13-11-21-36(40)38-28-41-37(29-42(38)50)35-20-10-12-22-39(35)49(41)33-18-8-3-9-19-33;1-3-13-28(14-4-1)42-33-19-7-10-20-36(33)45-43(46-42)29-23-24-41(44-27-29)48-38-22-12-9-18-32(38)35-25-39-34(26-40(35)48)31-17-8-11-21-37(31)47(39)30-15-5-2-6-16-30/h2*1-29H;1-27H. The zero-order chi connectivity index (χ0) is 97.6. The van der Waals surface area contributed by atoms with Gasteiger partial charge in [0.25, 0.3) is 0 Å². The molecule has 10 aromatic heterocycles. The van der Waals surface area contributed by atoms with Crippen molar-refractivity contribution in [3.05, 3.63) is 516 Å². The molecule has 148 heavy (non-hydrogen) atoms. The molecular weight excluding hydrogens is 1810 g/mol. The van der Waals surface area contributed by atoms with Crippen molar-refractivity contribution in [2.45, 2.75) is 0 Å². The van der Waals surface area contributed by atoms with E-state index in [-0.39, 0.29) is 0 Å². The summed E-state index contributed by atoms with van der Waals surface area (Å²) < 4.78 is 14.2. The number of hydrogen-bond donors (Lipinski definition) is 0.